The van der Waals surface area contributed by atoms with E-state index in [1.54, 1.807) is 6.07 Å². The number of aliphatic hydroxyl groups excluding tert-OH is 1. The predicted molar refractivity (Wildman–Crippen MR) is 72.5 cm³/mol. The number of anilines is 3. The van der Waals surface area contributed by atoms with Crippen LogP contribution in [-0.4, -0.2) is 24.2 Å². The van der Waals surface area contributed by atoms with Crippen LogP contribution in [0.4, 0.5) is 17.1 Å². The third-order valence-electron chi connectivity index (χ3n) is 3.12. The molecule has 5 nitrogen and oxygen atoms in total. The van der Waals surface area contributed by atoms with Gasteiger partial charge in [-0.2, -0.15) is 0 Å². The molecule has 0 saturated carbocycles. The number of carbonyl (C=O) groups excluding carboxylic acids is 1. The van der Waals surface area contributed by atoms with E-state index in [2.05, 4.69) is 10.6 Å². The quantitative estimate of drug-likeness (QED) is 0.604. The summed E-state index contributed by atoms with van der Waals surface area (Å²) >= 11 is 0. The van der Waals surface area contributed by atoms with E-state index in [1.807, 2.05) is 13.0 Å². The topological polar surface area (TPSA) is 87.4 Å². The fourth-order valence-electron chi connectivity index (χ4n) is 1.95. The second-order valence-corrected chi connectivity index (χ2v) is 4.81. The largest absolute Gasteiger partial charge is 0.397 e. The van der Waals surface area contributed by atoms with Gasteiger partial charge in [0.25, 0.3) is 0 Å². The van der Waals surface area contributed by atoms with E-state index >= 15 is 0 Å². The third-order valence-corrected chi connectivity index (χ3v) is 3.12. The molecule has 0 radical (unpaired) electrons. The summed E-state index contributed by atoms with van der Waals surface area (Å²) in [5, 5.41) is 15.0. The van der Waals surface area contributed by atoms with E-state index in [4.69, 9.17) is 10.8 Å². The zero-order valence-electron chi connectivity index (χ0n) is 10.5. The maximum atomic E-state index is 11.3. The Labute approximate surface area is 106 Å². The Morgan fingerprint density at radius 1 is 1.50 bits per heavy atom. The Kier molecular flexibility index (Phi) is 3.72. The molecule has 5 N–H and O–H groups in total. The van der Waals surface area contributed by atoms with Gasteiger partial charge in [0.2, 0.25) is 5.91 Å². The molecule has 1 aliphatic heterocycles. The molecule has 1 aromatic carbocycles. The number of fused-ring (bicyclic) bond motifs is 1. The summed E-state index contributed by atoms with van der Waals surface area (Å²) in [6.45, 7) is 2.78. The van der Waals surface area contributed by atoms with Crippen LogP contribution in [0, 0.1) is 5.92 Å². The van der Waals surface area contributed by atoms with E-state index in [-0.39, 0.29) is 18.4 Å². The minimum absolute atomic E-state index is 0.0384. The number of amides is 1. The zero-order valence-corrected chi connectivity index (χ0v) is 10.5. The number of rotatable bonds is 4. The zero-order chi connectivity index (χ0) is 13.1. The number of nitrogens with two attached hydrogens (primary N) is 1. The molecule has 1 heterocycles. The molecule has 0 bridgehead atoms. The highest BCUT2D eigenvalue weighted by Gasteiger charge is 2.16. The summed E-state index contributed by atoms with van der Waals surface area (Å²) in [5.41, 5.74) is 9.33. The first kappa shape index (κ1) is 12.7. The van der Waals surface area contributed by atoms with E-state index in [0.717, 1.165) is 23.4 Å². The molecule has 0 fully saturated rings. The van der Waals surface area contributed by atoms with Crippen LogP contribution in [0.15, 0.2) is 12.1 Å². The lowest BCUT2D eigenvalue weighted by atomic mass is 10.0. The number of benzene rings is 1. The van der Waals surface area contributed by atoms with Crippen molar-refractivity contribution >= 4 is 23.0 Å². The van der Waals surface area contributed by atoms with Crippen LogP contribution in [-0.2, 0) is 11.2 Å². The number of aliphatic hydroxyl groups is 1. The first-order valence-corrected chi connectivity index (χ1v) is 6.17. The Morgan fingerprint density at radius 2 is 2.28 bits per heavy atom. The van der Waals surface area contributed by atoms with Crippen molar-refractivity contribution in [3.05, 3.63) is 17.7 Å². The van der Waals surface area contributed by atoms with Gasteiger partial charge in [-0.1, -0.05) is 6.92 Å². The maximum absolute atomic E-state index is 11.3. The predicted octanol–water partition coefficient (Wildman–Crippen LogP) is 1.19. The minimum atomic E-state index is 0.0384. The van der Waals surface area contributed by atoms with Crippen molar-refractivity contribution in [1.29, 1.82) is 0 Å². The molecule has 1 aliphatic rings. The molecule has 5 heteroatoms. The number of hydrogen-bond acceptors (Lipinski definition) is 4. The fraction of sp³-hybridized carbons (Fsp3) is 0.462. The molecule has 1 amide bonds. The monoisotopic (exact) mass is 249 g/mol. The van der Waals surface area contributed by atoms with Crippen molar-refractivity contribution in [3.8, 4) is 0 Å². The number of hydrogen-bond donors (Lipinski definition) is 4. The second-order valence-electron chi connectivity index (χ2n) is 4.81. The molecule has 0 aliphatic carbocycles. The van der Waals surface area contributed by atoms with Gasteiger partial charge in [-0.25, -0.2) is 0 Å². The first-order chi connectivity index (χ1) is 8.60. The lowest BCUT2D eigenvalue weighted by molar-refractivity contribution is -0.116. The summed E-state index contributed by atoms with van der Waals surface area (Å²) < 4.78 is 0. The molecule has 18 heavy (non-hydrogen) atoms. The smallest absolute Gasteiger partial charge is 0.224 e. The summed E-state index contributed by atoms with van der Waals surface area (Å²) in [7, 11) is 0. The molecule has 0 aromatic heterocycles. The van der Waals surface area contributed by atoms with Gasteiger partial charge in [-0.05, 0) is 30.0 Å². The van der Waals surface area contributed by atoms with E-state index in [9.17, 15) is 4.79 Å². The van der Waals surface area contributed by atoms with Crippen molar-refractivity contribution in [2.45, 2.75) is 19.8 Å². The number of carbonyl (C=O) groups is 1. The van der Waals surface area contributed by atoms with E-state index in [0.29, 0.717) is 18.7 Å². The Morgan fingerprint density at radius 3 is 3.00 bits per heavy atom. The van der Waals surface area contributed by atoms with Crippen LogP contribution < -0.4 is 16.4 Å². The van der Waals surface area contributed by atoms with Gasteiger partial charge >= 0.3 is 0 Å². The van der Waals surface area contributed by atoms with Gasteiger partial charge in [0.1, 0.15) is 0 Å². The number of nitrogen functional groups attached to an aromatic ring is 1. The van der Waals surface area contributed by atoms with Gasteiger partial charge < -0.3 is 21.5 Å². The first-order valence-electron chi connectivity index (χ1n) is 6.17. The molecule has 1 atom stereocenters. The SMILES string of the molecule is CC(CO)CNc1cc2c(cc1N)NC(=O)CC2. The summed E-state index contributed by atoms with van der Waals surface area (Å²) in [4.78, 5) is 11.3. The van der Waals surface area contributed by atoms with E-state index in [1.165, 1.54) is 0 Å². The van der Waals surface area contributed by atoms with Crippen LogP contribution in [0.5, 0.6) is 0 Å². The number of aryl methyl sites for hydroxylation is 1. The lowest BCUT2D eigenvalue weighted by Crippen LogP contribution is -2.20. The Bertz CT molecular complexity index is 460. The van der Waals surface area contributed by atoms with Gasteiger partial charge in [-0.3, -0.25) is 4.79 Å². The van der Waals surface area contributed by atoms with E-state index < -0.39 is 0 Å². The average molecular weight is 249 g/mol. The molecule has 98 valence electrons. The molecule has 0 saturated heterocycles. The number of nitrogens with one attached hydrogen (secondary N) is 2. The third kappa shape index (κ3) is 2.73. The standard InChI is InChI=1S/C13H19N3O2/c1-8(7-17)6-15-12-4-9-2-3-13(18)16-11(9)5-10(12)14/h4-5,8,15,17H,2-3,6-7,14H2,1H3,(H,16,18). The highest BCUT2D eigenvalue weighted by molar-refractivity contribution is 5.95. The normalized spacial score (nSPS) is 15.8. The van der Waals surface area contributed by atoms with Crippen LogP contribution in [0.25, 0.3) is 0 Å². The van der Waals surface area contributed by atoms with Crippen LogP contribution in [0.3, 0.4) is 0 Å². The van der Waals surface area contributed by atoms with Gasteiger partial charge in [-0.15, -0.1) is 0 Å². The summed E-state index contributed by atoms with van der Waals surface area (Å²) in [5.74, 6) is 0.219. The lowest BCUT2D eigenvalue weighted by Gasteiger charge is -2.20. The van der Waals surface area contributed by atoms with Crippen molar-refractivity contribution in [3.63, 3.8) is 0 Å². The molecule has 2 rings (SSSR count). The van der Waals surface area contributed by atoms with Crippen molar-refractivity contribution in [1.82, 2.24) is 0 Å². The van der Waals surface area contributed by atoms with Gasteiger partial charge in [0.05, 0.1) is 11.4 Å². The molecular weight excluding hydrogens is 230 g/mol. The van der Waals surface area contributed by atoms with Crippen molar-refractivity contribution in [2.75, 3.05) is 29.5 Å². The molecular formula is C13H19N3O2. The Hall–Kier alpha value is -1.75. The van der Waals surface area contributed by atoms with Crippen molar-refractivity contribution < 1.29 is 9.90 Å². The van der Waals surface area contributed by atoms with Crippen LogP contribution in [0.1, 0.15) is 18.9 Å². The summed E-state index contributed by atoms with van der Waals surface area (Å²) in [6, 6.07) is 3.77. The molecule has 1 unspecified atom stereocenters. The van der Waals surface area contributed by atoms with Crippen LogP contribution >= 0.6 is 0 Å². The highest BCUT2D eigenvalue weighted by atomic mass is 16.3. The molecule has 0 spiro atoms. The second kappa shape index (κ2) is 5.27. The maximum Gasteiger partial charge on any atom is 0.224 e. The Balaban J connectivity index is 2.15. The van der Waals surface area contributed by atoms with Crippen LogP contribution in [0.2, 0.25) is 0 Å². The molecule has 1 aromatic rings. The van der Waals surface area contributed by atoms with Gasteiger partial charge in [0.15, 0.2) is 0 Å². The van der Waals surface area contributed by atoms with Gasteiger partial charge in [0, 0.05) is 25.3 Å². The van der Waals surface area contributed by atoms with Crippen molar-refractivity contribution in [2.24, 2.45) is 5.92 Å². The minimum Gasteiger partial charge on any atom is -0.397 e. The summed E-state index contributed by atoms with van der Waals surface area (Å²) in [6.07, 6.45) is 1.26. The highest BCUT2D eigenvalue weighted by Crippen LogP contribution is 2.30. The average Bonchev–Trinajstić information content (AvgIpc) is 2.35. The fourth-order valence-corrected chi connectivity index (χ4v) is 1.95.